The van der Waals surface area contributed by atoms with Crippen LogP contribution in [-0.2, 0) is 17.9 Å². The topological polar surface area (TPSA) is 55.9 Å². The number of nitrogens with zero attached hydrogens (tertiary/aromatic N) is 3. The molecule has 166 valence electrons. The molecule has 0 bridgehead atoms. The number of hydrogen-bond acceptors (Lipinski definition) is 3. The van der Waals surface area contributed by atoms with E-state index >= 15 is 0 Å². The lowest BCUT2D eigenvalue weighted by molar-refractivity contribution is -0.130. The van der Waals surface area contributed by atoms with Crippen LogP contribution >= 0.6 is 0 Å². The molecular formula is C24H31FN4O2. The highest BCUT2D eigenvalue weighted by Crippen LogP contribution is 2.11. The average molecular weight is 427 g/mol. The van der Waals surface area contributed by atoms with Crippen LogP contribution in [-0.4, -0.2) is 66.4 Å². The van der Waals surface area contributed by atoms with Crippen molar-refractivity contribution in [3.8, 4) is 0 Å². The number of halogens is 1. The van der Waals surface area contributed by atoms with Crippen molar-refractivity contribution in [2.24, 2.45) is 0 Å². The van der Waals surface area contributed by atoms with Gasteiger partial charge in [-0.25, -0.2) is 9.18 Å². The van der Waals surface area contributed by atoms with E-state index in [1.807, 2.05) is 35.2 Å². The molecule has 2 aromatic rings. The van der Waals surface area contributed by atoms with Gasteiger partial charge < -0.3 is 15.1 Å². The number of rotatable bonds is 7. The molecule has 0 aromatic heterocycles. The Kier molecular flexibility index (Phi) is 8.41. The van der Waals surface area contributed by atoms with Crippen molar-refractivity contribution in [3.63, 3.8) is 0 Å². The fourth-order valence-electron chi connectivity index (χ4n) is 3.72. The van der Waals surface area contributed by atoms with E-state index in [4.69, 9.17) is 0 Å². The second-order valence-electron chi connectivity index (χ2n) is 7.96. The molecular weight excluding hydrogens is 395 g/mol. The van der Waals surface area contributed by atoms with Crippen LogP contribution in [0.1, 0.15) is 24.0 Å². The SMILES string of the molecule is CN(Cc1ccccc1)C(=O)NCCC(=O)N1CCCN(Cc2ccc(F)cc2)CC1. The average Bonchev–Trinajstić information content (AvgIpc) is 3.01. The van der Waals surface area contributed by atoms with Crippen molar-refractivity contribution in [1.29, 1.82) is 0 Å². The van der Waals surface area contributed by atoms with Crippen LogP contribution < -0.4 is 5.32 Å². The van der Waals surface area contributed by atoms with Gasteiger partial charge in [0, 0.05) is 59.3 Å². The second kappa shape index (κ2) is 11.5. The maximum Gasteiger partial charge on any atom is 0.317 e. The maximum atomic E-state index is 13.1. The van der Waals surface area contributed by atoms with Crippen molar-refractivity contribution in [2.75, 3.05) is 39.8 Å². The Bertz CT molecular complexity index is 844. The van der Waals surface area contributed by atoms with E-state index in [1.54, 1.807) is 24.1 Å². The first-order chi connectivity index (χ1) is 15.0. The third-order valence-electron chi connectivity index (χ3n) is 5.49. The van der Waals surface area contributed by atoms with E-state index in [0.717, 1.165) is 43.7 Å². The predicted octanol–water partition coefficient (Wildman–Crippen LogP) is 3.09. The van der Waals surface area contributed by atoms with E-state index in [9.17, 15) is 14.0 Å². The molecule has 2 aromatic carbocycles. The lowest BCUT2D eigenvalue weighted by Crippen LogP contribution is -2.40. The summed E-state index contributed by atoms with van der Waals surface area (Å²) < 4.78 is 13.1. The smallest absolute Gasteiger partial charge is 0.317 e. The molecule has 3 amide bonds. The minimum absolute atomic E-state index is 0.0645. The molecule has 7 heteroatoms. The summed E-state index contributed by atoms with van der Waals surface area (Å²) in [4.78, 5) is 30.6. The Morgan fingerprint density at radius 1 is 0.968 bits per heavy atom. The molecule has 0 saturated carbocycles. The van der Waals surface area contributed by atoms with Crippen LogP contribution in [0.5, 0.6) is 0 Å². The summed E-state index contributed by atoms with van der Waals surface area (Å²) in [6.45, 7) is 4.69. The molecule has 0 spiro atoms. The van der Waals surface area contributed by atoms with Crippen molar-refractivity contribution in [3.05, 3.63) is 71.5 Å². The lowest BCUT2D eigenvalue weighted by atomic mass is 10.2. The minimum atomic E-state index is -0.227. The van der Waals surface area contributed by atoms with Crippen molar-refractivity contribution < 1.29 is 14.0 Å². The van der Waals surface area contributed by atoms with E-state index in [-0.39, 0.29) is 17.8 Å². The van der Waals surface area contributed by atoms with E-state index in [1.165, 1.54) is 12.1 Å². The summed E-state index contributed by atoms with van der Waals surface area (Å²) in [7, 11) is 1.74. The molecule has 1 aliphatic rings. The van der Waals surface area contributed by atoms with Crippen molar-refractivity contribution in [2.45, 2.75) is 25.9 Å². The van der Waals surface area contributed by atoms with E-state index < -0.39 is 0 Å². The minimum Gasteiger partial charge on any atom is -0.341 e. The third kappa shape index (κ3) is 7.36. The van der Waals surface area contributed by atoms with Gasteiger partial charge in [-0.2, -0.15) is 0 Å². The van der Waals surface area contributed by atoms with Crippen LogP contribution in [0.15, 0.2) is 54.6 Å². The van der Waals surface area contributed by atoms with Gasteiger partial charge in [0.1, 0.15) is 5.82 Å². The number of carbonyl (C=O) groups excluding carboxylic acids is 2. The fourth-order valence-corrected chi connectivity index (χ4v) is 3.72. The number of urea groups is 1. The van der Waals surface area contributed by atoms with Gasteiger partial charge >= 0.3 is 6.03 Å². The Balaban J connectivity index is 1.37. The fraction of sp³-hybridized carbons (Fsp3) is 0.417. The Morgan fingerprint density at radius 3 is 2.45 bits per heavy atom. The first-order valence-corrected chi connectivity index (χ1v) is 10.8. The first kappa shape index (κ1) is 22.7. The van der Waals surface area contributed by atoms with Gasteiger partial charge in [-0.05, 0) is 29.7 Å². The molecule has 0 atom stereocenters. The molecule has 0 aliphatic carbocycles. The highest BCUT2D eigenvalue weighted by molar-refractivity contribution is 5.78. The predicted molar refractivity (Wildman–Crippen MR) is 119 cm³/mol. The molecule has 0 unspecified atom stereocenters. The third-order valence-corrected chi connectivity index (χ3v) is 5.49. The molecule has 1 fully saturated rings. The summed E-state index contributed by atoms with van der Waals surface area (Å²) in [6, 6.07) is 16.2. The number of hydrogen-bond donors (Lipinski definition) is 1. The van der Waals surface area contributed by atoms with Gasteiger partial charge in [0.15, 0.2) is 0 Å². The Labute approximate surface area is 183 Å². The molecule has 0 radical (unpaired) electrons. The Hall–Kier alpha value is -2.93. The monoisotopic (exact) mass is 426 g/mol. The summed E-state index contributed by atoms with van der Waals surface area (Å²) in [6.07, 6.45) is 1.20. The molecule has 3 rings (SSSR count). The van der Waals surface area contributed by atoms with Crippen molar-refractivity contribution in [1.82, 2.24) is 20.0 Å². The van der Waals surface area contributed by atoms with Gasteiger partial charge in [0.25, 0.3) is 0 Å². The lowest BCUT2D eigenvalue weighted by Gasteiger charge is -2.23. The van der Waals surface area contributed by atoms with Gasteiger partial charge in [-0.15, -0.1) is 0 Å². The first-order valence-electron chi connectivity index (χ1n) is 10.8. The molecule has 1 aliphatic heterocycles. The van der Waals surface area contributed by atoms with Crippen LogP contribution in [0.25, 0.3) is 0 Å². The van der Waals surface area contributed by atoms with Crippen LogP contribution in [0.4, 0.5) is 9.18 Å². The Morgan fingerprint density at radius 2 is 1.71 bits per heavy atom. The number of carbonyl (C=O) groups is 2. The zero-order chi connectivity index (χ0) is 22.1. The van der Waals surface area contributed by atoms with Gasteiger partial charge in [-0.3, -0.25) is 9.69 Å². The van der Waals surface area contributed by atoms with Crippen molar-refractivity contribution >= 4 is 11.9 Å². The molecule has 31 heavy (non-hydrogen) atoms. The number of benzene rings is 2. The zero-order valence-corrected chi connectivity index (χ0v) is 18.1. The number of amides is 3. The van der Waals surface area contributed by atoms with E-state index in [0.29, 0.717) is 26.1 Å². The highest BCUT2D eigenvalue weighted by Gasteiger charge is 2.19. The van der Waals surface area contributed by atoms with Gasteiger partial charge in [0.05, 0.1) is 0 Å². The largest absolute Gasteiger partial charge is 0.341 e. The molecule has 1 saturated heterocycles. The second-order valence-corrected chi connectivity index (χ2v) is 7.96. The summed E-state index contributed by atoms with van der Waals surface area (Å²) in [5.41, 5.74) is 2.13. The zero-order valence-electron chi connectivity index (χ0n) is 18.1. The summed E-state index contributed by atoms with van der Waals surface area (Å²) in [5, 5.41) is 2.83. The number of nitrogens with one attached hydrogen (secondary N) is 1. The van der Waals surface area contributed by atoms with E-state index in [2.05, 4.69) is 10.2 Å². The van der Waals surface area contributed by atoms with Gasteiger partial charge in [0.2, 0.25) is 5.91 Å². The normalized spacial score (nSPS) is 14.7. The molecule has 6 nitrogen and oxygen atoms in total. The van der Waals surface area contributed by atoms with Crippen LogP contribution in [0.3, 0.4) is 0 Å². The maximum absolute atomic E-state index is 13.1. The standard InChI is InChI=1S/C24H31FN4O2/c1-27(18-20-6-3-2-4-7-20)24(31)26-13-12-23(30)29-15-5-14-28(16-17-29)19-21-8-10-22(25)11-9-21/h2-4,6-11H,5,12-19H2,1H3,(H,26,31). The highest BCUT2D eigenvalue weighted by atomic mass is 19.1. The molecule has 1 heterocycles. The summed E-state index contributed by atoms with van der Waals surface area (Å²) in [5.74, 6) is -0.163. The van der Waals surface area contributed by atoms with Crippen LogP contribution in [0, 0.1) is 5.82 Å². The quantitative estimate of drug-likeness (QED) is 0.740. The van der Waals surface area contributed by atoms with Crippen LogP contribution in [0.2, 0.25) is 0 Å². The molecule has 1 N–H and O–H groups in total. The van der Waals surface area contributed by atoms with Gasteiger partial charge in [-0.1, -0.05) is 42.5 Å². The summed E-state index contributed by atoms with van der Waals surface area (Å²) >= 11 is 0.